The number of allylic oxidation sites excluding steroid dienone is 4. The molecule has 3 saturated carbocycles. The lowest BCUT2D eigenvalue weighted by atomic mass is 9.43. The van der Waals surface area contributed by atoms with E-state index < -0.39 is 64.4 Å². The molecular formula is C33H37F2NO6. The van der Waals surface area contributed by atoms with E-state index >= 15 is 8.78 Å². The lowest BCUT2D eigenvalue weighted by Gasteiger charge is -2.63. The molecule has 1 aliphatic heterocycles. The van der Waals surface area contributed by atoms with Gasteiger partial charge in [0.15, 0.2) is 29.6 Å². The van der Waals surface area contributed by atoms with Gasteiger partial charge in [-0.1, -0.05) is 43.3 Å². The minimum absolute atomic E-state index is 0.0563. The molecule has 9 heteroatoms. The number of carbonyl (C=O) groups excluding carboxylic acids is 4. The zero-order valence-electron chi connectivity index (χ0n) is 24.1. The van der Waals surface area contributed by atoms with Crippen molar-refractivity contribution >= 4 is 23.3 Å². The normalized spacial score (nSPS) is 42.2. The number of aliphatic hydroxyl groups is 1. The van der Waals surface area contributed by atoms with Crippen molar-refractivity contribution in [2.75, 3.05) is 26.2 Å². The number of halogens is 2. The molecule has 42 heavy (non-hydrogen) atoms. The van der Waals surface area contributed by atoms with Crippen LogP contribution in [-0.2, 0) is 19.1 Å². The minimum atomic E-state index is -2.25. The highest BCUT2D eigenvalue weighted by molar-refractivity contribution is 6.01. The van der Waals surface area contributed by atoms with Crippen LogP contribution in [-0.4, -0.2) is 77.5 Å². The van der Waals surface area contributed by atoms with Gasteiger partial charge in [-0.05, 0) is 61.2 Å². The van der Waals surface area contributed by atoms with Crippen molar-refractivity contribution in [1.82, 2.24) is 4.90 Å². The number of aliphatic hydroxyl groups excluding tert-OH is 1. The van der Waals surface area contributed by atoms with E-state index in [0.717, 1.165) is 6.08 Å². The number of carbonyl (C=O) groups is 4. The summed E-state index contributed by atoms with van der Waals surface area (Å²) in [7, 11) is 0. The molecule has 4 aliphatic carbocycles. The summed E-state index contributed by atoms with van der Waals surface area (Å²) >= 11 is 0. The predicted octanol–water partition coefficient (Wildman–Crippen LogP) is 3.85. The standard InChI is InChI=1S/C33H37F2NO6/c1-19(37)42-17-29(41)32-18-36(16-27(39)20-7-5-4-6-8-20)15-21(32)11-23-24-13-26(34)25-12-22(38)9-10-30(25,2)33(24,35)28(40)14-31(23,32)3/h4-10,12,21,23-24,26,28,40H,11,13-18H2,1-3H3/t21-,23?,24-,26-,28-,30-,31-,32+,33-/m0/s1. The first-order chi connectivity index (χ1) is 19.8. The molecular weight excluding hydrogens is 544 g/mol. The zero-order valence-corrected chi connectivity index (χ0v) is 24.1. The number of fused-ring (bicyclic) bond motifs is 7. The van der Waals surface area contributed by atoms with Gasteiger partial charge in [0.25, 0.3) is 0 Å². The number of nitrogens with zero attached hydrogens (tertiary/aromatic N) is 1. The Balaban J connectivity index is 1.38. The fourth-order valence-corrected chi connectivity index (χ4v) is 9.71. The number of esters is 1. The van der Waals surface area contributed by atoms with Crippen molar-refractivity contribution in [3.63, 3.8) is 0 Å². The molecule has 0 radical (unpaired) electrons. The topological polar surface area (TPSA) is 101 Å². The number of hydrogen-bond acceptors (Lipinski definition) is 7. The summed E-state index contributed by atoms with van der Waals surface area (Å²) in [6.45, 7) is 4.88. The second kappa shape index (κ2) is 9.74. The van der Waals surface area contributed by atoms with E-state index in [1.165, 1.54) is 19.1 Å². The Kier molecular flexibility index (Phi) is 6.74. The maximum atomic E-state index is 17.6. The van der Waals surface area contributed by atoms with Gasteiger partial charge in [-0.3, -0.25) is 24.1 Å². The Hall–Kier alpha value is -3.04. The van der Waals surface area contributed by atoms with Crippen molar-refractivity contribution < 1.29 is 37.8 Å². The highest BCUT2D eigenvalue weighted by atomic mass is 19.1. The number of Topliss-reactive ketones (excluding diaryl/α,β-unsaturated/α-hetero) is 2. The molecule has 0 spiro atoms. The number of hydrogen-bond donors (Lipinski definition) is 1. The molecule has 1 aromatic rings. The number of ketones is 3. The van der Waals surface area contributed by atoms with Crippen LogP contribution < -0.4 is 0 Å². The summed E-state index contributed by atoms with van der Waals surface area (Å²) in [6, 6.07) is 8.88. The third kappa shape index (κ3) is 3.81. The van der Waals surface area contributed by atoms with Crippen molar-refractivity contribution in [2.45, 2.75) is 58.0 Å². The zero-order chi connectivity index (χ0) is 30.2. The Morgan fingerprint density at radius 3 is 2.52 bits per heavy atom. The Bertz CT molecular complexity index is 1410. The Morgan fingerprint density at radius 1 is 1.12 bits per heavy atom. The first-order valence-electron chi connectivity index (χ1n) is 14.7. The minimum Gasteiger partial charge on any atom is -0.458 e. The van der Waals surface area contributed by atoms with Gasteiger partial charge in [0, 0.05) is 36.9 Å². The quantitative estimate of drug-likeness (QED) is 0.402. The maximum Gasteiger partial charge on any atom is 0.303 e. The largest absolute Gasteiger partial charge is 0.458 e. The van der Waals surface area contributed by atoms with Gasteiger partial charge in [0.2, 0.25) is 0 Å². The van der Waals surface area contributed by atoms with Crippen molar-refractivity contribution in [2.24, 2.45) is 34.0 Å². The van der Waals surface area contributed by atoms with E-state index in [2.05, 4.69) is 0 Å². The summed E-state index contributed by atoms with van der Waals surface area (Å²) in [6.07, 6.45) is 0.853. The molecule has 1 heterocycles. The molecule has 5 aliphatic rings. The molecule has 0 amide bonds. The molecule has 4 fully saturated rings. The fraction of sp³-hybridized carbons (Fsp3) is 0.576. The van der Waals surface area contributed by atoms with Gasteiger partial charge in [0.05, 0.1) is 18.1 Å². The van der Waals surface area contributed by atoms with E-state index in [9.17, 15) is 24.3 Å². The first-order valence-corrected chi connectivity index (χ1v) is 14.7. The number of rotatable bonds is 6. The number of ether oxygens (including phenoxy) is 1. The van der Waals surface area contributed by atoms with Gasteiger partial charge in [-0.2, -0.15) is 0 Å². The molecule has 1 N–H and O–H groups in total. The van der Waals surface area contributed by atoms with Crippen LogP contribution in [0.25, 0.3) is 0 Å². The van der Waals surface area contributed by atoms with Gasteiger partial charge in [0.1, 0.15) is 6.17 Å². The van der Waals surface area contributed by atoms with E-state index in [4.69, 9.17) is 4.74 Å². The number of likely N-dealkylation sites (tertiary alicyclic amines) is 1. The van der Waals surface area contributed by atoms with Crippen molar-refractivity contribution in [3.05, 3.63) is 59.7 Å². The third-order valence-corrected chi connectivity index (χ3v) is 11.6. The van der Waals surface area contributed by atoms with Crippen LogP contribution in [0.1, 0.15) is 50.4 Å². The predicted molar refractivity (Wildman–Crippen MR) is 149 cm³/mol. The van der Waals surface area contributed by atoms with Crippen LogP contribution in [0.5, 0.6) is 0 Å². The summed E-state index contributed by atoms with van der Waals surface area (Å²) in [4.78, 5) is 53.0. The molecule has 0 aromatic heterocycles. The molecule has 9 atom stereocenters. The van der Waals surface area contributed by atoms with E-state index in [1.54, 1.807) is 31.2 Å². The maximum absolute atomic E-state index is 17.6. The second-order valence-corrected chi connectivity index (χ2v) is 13.4. The Labute approximate surface area is 244 Å². The van der Waals surface area contributed by atoms with E-state index in [-0.39, 0.29) is 49.0 Å². The molecule has 224 valence electrons. The summed E-state index contributed by atoms with van der Waals surface area (Å²) in [5, 5.41) is 11.7. The molecule has 1 saturated heterocycles. The van der Waals surface area contributed by atoms with Crippen LogP contribution in [0.15, 0.2) is 54.1 Å². The van der Waals surface area contributed by atoms with Crippen LogP contribution >= 0.6 is 0 Å². The fourth-order valence-electron chi connectivity index (χ4n) is 9.71. The molecule has 6 rings (SSSR count). The van der Waals surface area contributed by atoms with Gasteiger partial charge in [-0.15, -0.1) is 0 Å². The summed E-state index contributed by atoms with van der Waals surface area (Å²) < 4.78 is 38.6. The lowest BCUT2D eigenvalue weighted by molar-refractivity contribution is -0.212. The lowest BCUT2D eigenvalue weighted by Crippen LogP contribution is -2.69. The highest BCUT2D eigenvalue weighted by Gasteiger charge is 2.78. The van der Waals surface area contributed by atoms with E-state index in [0.29, 0.717) is 18.5 Å². The Morgan fingerprint density at radius 2 is 1.83 bits per heavy atom. The van der Waals surface area contributed by atoms with Crippen LogP contribution in [0.4, 0.5) is 8.78 Å². The van der Waals surface area contributed by atoms with Gasteiger partial charge in [-0.25, -0.2) is 8.78 Å². The third-order valence-electron chi connectivity index (χ3n) is 11.6. The molecule has 1 aromatic carbocycles. The molecule has 7 nitrogen and oxygen atoms in total. The molecule has 0 bridgehead atoms. The van der Waals surface area contributed by atoms with Gasteiger partial charge >= 0.3 is 5.97 Å². The highest BCUT2D eigenvalue weighted by Crippen LogP contribution is 2.74. The summed E-state index contributed by atoms with van der Waals surface area (Å²) in [5.74, 6) is -3.09. The number of alkyl halides is 2. The summed E-state index contributed by atoms with van der Waals surface area (Å²) in [5.41, 5.74) is -5.23. The van der Waals surface area contributed by atoms with Crippen molar-refractivity contribution in [3.8, 4) is 0 Å². The molecule has 1 unspecified atom stereocenters. The van der Waals surface area contributed by atoms with Crippen LogP contribution in [0.2, 0.25) is 0 Å². The number of benzene rings is 1. The average Bonchev–Trinajstić information content (AvgIpc) is 3.42. The van der Waals surface area contributed by atoms with Gasteiger partial charge < -0.3 is 9.84 Å². The smallest absolute Gasteiger partial charge is 0.303 e. The first kappa shape index (κ1) is 29.1. The van der Waals surface area contributed by atoms with Crippen LogP contribution in [0.3, 0.4) is 0 Å². The van der Waals surface area contributed by atoms with E-state index in [1.807, 2.05) is 17.9 Å². The monoisotopic (exact) mass is 581 g/mol. The second-order valence-electron chi connectivity index (χ2n) is 13.4. The van der Waals surface area contributed by atoms with Crippen molar-refractivity contribution in [1.29, 1.82) is 0 Å². The van der Waals surface area contributed by atoms with Crippen LogP contribution in [0, 0.1) is 34.0 Å². The SMILES string of the molecule is CC(=O)OCC(=O)[C@@]12CN(CC(=O)c3ccccc3)C[C@@H]1CC1[C@@H]3C[C@H](F)C4=CC(=O)C=C[C@]4(C)[C@@]3(F)[C@@H](O)C[C@@]12C. The average molecular weight is 582 g/mol.